The van der Waals surface area contributed by atoms with Crippen LogP contribution in [0.3, 0.4) is 0 Å². The Morgan fingerprint density at radius 2 is 1.66 bits per heavy atom. The second kappa shape index (κ2) is 9.70. The average Bonchev–Trinajstić information content (AvgIpc) is 2.70. The third-order valence-electron chi connectivity index (χ3n) is 4.82. The summed E-state index contributed by atoms with van der Waals surface area (Å²) in [5.41, 5.74) is 1.89. The van der Waals surface area contributed by atoms with E-state index in [1.807, 2.05) is 24.0 Å². The minimum absolute atomic E-state index is 0.207. The Labute approximate surface area is 185 Å². The first kappa shape index (κ1) is 21.8. The van der Waals surface area contributed by atoms with Gasteiger partial charge in [-0.2, -0.15) is 0 Å². The van der Waals surface area contributed by atoms with Gasteiger partial charge in [-0.1, -0.05) is 41.7 Å². The third-order valence-corrected chi connectivity index (χ3v) is 5.87. The van der Waals surface area contributed by atoms with E-state index in [0.717, 1.165) is 25.2 Å². The first-order chi connectivity index (χ1) is 13.9. The SMILES string of the molecule is CCCC(=O)N1CCN(c2ccc(NC(=O)c3ccc(Cl)c(Cl)c3)cc2Cl)CC1. The zero-order chi connectivity index (χ0) is 21.0. The van der Waals surface area contributed by atoms with Gasteiger partial charge < -0.3 is 15.1 Å². The molecule has 8 heteroatoms. The quantitative estimate of drug-likeness (QED) is 0.663. The molecule has 0 radical (unpaired) electrons. The third kappa shape index (κ3) is 5.35. The van der Waals surface area contributed by atoms with Gasteiger partial charge in [-0.05, 0) is 42.8 Å². The molecule has 2 aromatic carbocycles. The maximum Gasteiger partial charge on any atom is 0.255 e. The van der Waals surface area contributed by atoms with Crippen molar-refractivity contribution >= 4 is 58.0 Å². The Morgan fingerprint density at radius 3 is 2.28 bits per heavy atom. The number of benzene rings is 2. The Bertz CT molecular complexity index is 912. The zero-order valence-electron chi connectivity index (χ0n) is 16.1. The van der Waals surface area contributed by atoms with Crippen LogP contribution in [0.2, 0.25) is 15.1 Å². The molecule has 0 bridgehead atoms. The molecule has 5 nitrogen and oxygen atoms in total. The van der Waals surface area contributed by atoms with Gasteiger partial charge in [0.15, 0.2) is 0 Å². The number of piperazine rings is 1. The molecule has 2 amide bonds. The second-order valence-electron chi connectivity index (χ2n) is 6.87. The van der Waals surface area contributed by atoms with Gasteiger partial charge in [-0.3, -0.25) is 9.59 Å². The minimum Gasteiger partial charge on any atom is -0.367 e. The van der Waals surface area contributed by atoms with E-state index in [9.17, 15) is 9.59 Å². The Morgan fingerprint density at radius 1 is 0.931 bits per heavy atom. The number of amides is 2. The van der Waals surface area contributed by atoms with Gasteiger partial charge in [0.1, 0.15) is 0 Å². The molecule has 0 aromatic heterocycles. The van der Waals surface area contributed by atoms with Crippen molar-refractivity contribution in [2.24, 2.45) is 0 Å². The molecule has 0 spiro atoms. The van der Waals surface area contributed by atoms with E-state index >= 15 is 0 Å². The fourth-order valence-corrected chi connectivity index (χ4v) is 3.85. The minimum atomic E-state index is -0.296. The summed E-state index contributed by atoms with van der Waals surface area (Å²) < 4.78 is 0. The molecule has 29 heavy (non-hydrogen) atoms. The number of nitrogens with zero attached hydrogens (tertiary/aromatic N) is 2. The van der Waals surface area contributed by atoms with Crippen molar-refractivity contribution in [2.45, 2.75) is 19.8 Å². The summed E-state index contributed by atoms with van der Waals surface area (Å²) in [6.45, 7) is 4.83. The zero-order valence-corrected chi connectivity index (χ0v) is 18.3. The van der Waals surface area contributed by atoms with Crippen LogP contribution in [0.1, 0.15) is 30.1 Å². The smallest absolute Gasteiger partial charge is 0.255 e. The normalized spacial score (nSPS) is 14.1. The van der Waals surface area contributed by atoms with E-state index in [2.05, 4.69) is 10.2 Å². The summed E-state index contributed by atoms with van der Waals surface area (Å²) in [6.07, 6.45) is 1.45. The van der Waals surface area contributed by atoms with Crippen LogP contribution >= 0.6 is 34.8 Å². The monoisotopic (exact) mass is 453 g/mol. The molecular weight excluding hydrogens is 433 g/mol. The first-order valence-electron chi connectivity index (χ1n) is 9.47. The lowest BCUT2D eigenvalue weighted by Gasteiger charge is -2.36. The molecule has 1 aliphatic rings. The predicted octanol–water partition coefficient (Wildman–Crippen LogP) is 5.35. The van der Waals surface area contributed by atoms with E-state index in [4.69, 9.17) is 34.8 Å². The highest BCUT2D eigenvalue weighted by Gasteiger charge is 2.22. The predicted molar refractivity (Wildman–Crippen MR) is 120 cm³/mol. The molecule has 1 fully saturated rings. The lowest BCUT2D eigenvalue weighted by atomic mass is 10.2. The Balaban J connectivity index is 1.64. The Hall–Kier alpha value is -1.95. The number of carbonyl (C=O) groups is 2. The van der Waals surface area contributed by atoms with Gasteiger partial charge >= 0.3 is 0 Å². The van der Waals surface area contributed by atoms with Crippen LogP contribution in [0.15, 0.2) is 36.4 Å². The molecule has 0 unspecified atom stereocenters. The summed E-state index contributed by atoms with van der Waals surface area (Å²) in [7, 11) is 0. The second-order valence-corrected chi connectivity index (χ2v) is 8.09. The summed E-state index contributed by atoms with van der Waals surface area (Å²) >= 11 is 18.3. The standard InChI is InChI=1S/C21H22Cl3N3O2/c1-2-3-20(28)27-10-8-26(9-11-27)19-7-5-15(13-18(19)24)25-21(29)14-4-6-16(22)17(23)12-14/h4-7,12-13H,2-3,8-11H2,1H3,(H,25,29). The van der Waals surface area contributed by atoms with Crippen molar-refractivity contribution < 1.29 is 9.59 Å². The fraction of sp³-hybridized carbons (Fsp3) is 0.333. The van der Waals surface area contributed by atoms with Crippen molar-refractivity contribution in [3.8, 4) is 0 Å². The summed E-state index contributed by atoms with van der Waals surface area (Å²) in [5, 5.41) is 4.08. The molecular formula is C21H22Cl3N3O2. The molecule has 0 saturated carbocycles. The molecule has 1 aliphatic heterocycles. The van der Waals surface area contributed by atoms with Gasteiger partial charge in [0.05, 0.1) is 20.8 Å². The fourth-order valence-electron chi connectivity index (χ4n) is 3.25. The highest BCUT2D eigenvalue weighted by atomic mass is 35.5. The Kier molecular flexibility index (Phi) is 7.28. The van der Waals surface area contributed by atoms with E-state index in [1.165, 1.54) is 6.07 Å². The maximum atomic E-state index is 12.4. The van der Waals surface area contributed by atoms with Gasteiger partial charge in [0, 0.05) is 43.9 Å². The average molecular weight is 455 g/mol. The topological polar surface area (TPSA) is 52.7 Å². The molecule has 0 aliphatic carbocycles. The molecule has 1 heterocycles. The van der Waals surface area contributed by atoms with Crippen molar-refractivity contribution in [3.05, 3.63) is 57.0 Å². The molecule has 2 aromatic rings. The van der Waals surface area contributed by atoms with Gasteiger partial charge in [-0.25, -0.2) is 0 Å². The van der Waals surface area contributed by atoms with Crippen LogP contribution in [0.25, 0.3) is 0 Å². The lowest BCUT2D eigenvalue weighted by molar-refractivity contribution is -0.131. The summed E-state index contributed by atoms with van der Waals surface area (Å²) in [6, 6.07) is 10.1. The van der Waals surface area contributed by atoms with Gasteiger partial charge in [0.2, 0.25) is 5.91 Å². The number of rotatable bonds is 5. The lowest BCUT2D eigenvalue weighted by Crippen LogP contribution is -2.48. The van der Waals surface area contributed by atoms with Crippen molar-refractivity contribution in [3.63, 3.8) is 0 Å². The van der Waals surface area contributed by atoms with Crippen molar-refractivity contribution in [2.75, 3.05) is 36.4 Å². The summed E-state index contributed by atoms with van der Waals surface area (Å²) in [4.78, 5) is 28.5. The van der Waals surface area contributed by atoms with Gasteiger partial charge in [0.25, 0.3) is 5.91 Å². The van der Waals surface area contributed by atoms with Crippen molar-refractivity contribution in [1.29, 1.82) is 0 Å². The number of carbonyl (C=O) groups excluding carboxylic acids is 2. The van der Waals surface area contributed by atoms with Gasteiger partial charge in [-0.15, -0.1) is 0 Å². The maximum absolute atomic E-state index is 12.4. The van der Waals surface area contributed by atoms with Crippen LogP contribution in [-0.4, -0.2) is 42.9 Å². The number of hydrogen-bond donors (Lipinski definition) is 1. The highest BCUT2D eigenvalue weighted by Crippen LogP contribution is 2.30. The van der Waals surface area contributed by atoms with E-state index in [0.29, 0.717) is 45.8 Å². The van der Waals surface area contributed by atoms with E-state index < -0.39 is 0 Å². The van der Waals surface area contributed by atoms with Crippen LogP contribution in [0.4, 0.5) is 11.4 Å². The van der Waals surface area contributed by atoms with E-state index in [1.54, 1.807) is 18.2 Å². The molecule has 3 rings (SSSR count). The van der Waals surface area contributed by atoms with E-state index in [-0.39, 0.29) is 11.8 Å². The number of hydrogen-bond acceptors (Lipinski definition) is 3. The molecule has 1 N–H and O–H groups in total. The molecule has 154 valence electrons. The highest BCUT2D eigenvalue weighted by molar-refractivity contribution is 6.42. The van der Waals surface area contributed by atoms with Crippen molar-refractivity contribution in [1.82, 2.24) is 4.90 Å². The largest absolute Gasteiger partial charge is 0.367 e. The number of nitrogens with one attached hydrogen (secondary N) is 1. The summed E-state index contributed by atoms with van der Waals surface area (Å²) in [5.74, 6) is -0.0888. The van der Waals surface area contributed by atoms with Crippen LogP contribution in [-0.2, 0) is 4.79 Å². The van der Waals surface area contributed by atoms with Crippen LogP contribution in [0.5, 0.6) is 0 Å². The van der Waals surface area contributed by atoms with Crippen LogP contribution in [0, 0.1) is 0 Å². The molecule has 0 atom stereocenters. The van der Waals surface area contributed by atoms with Crippen LogP contribution < -0.4 is 10.2 Å². The first-order valence-corrected chi connectivity index (χ1v) is 10.6. The molecule has 1 saturated heterocycles. The number of halogens is 3. The number of anilines is 2.